The fraction of sp³-hybridized carbons (Fsp3) is 0.360. The maximum Gasteiger partial charge on any atom is 0.433 e. The van der Waals surface area contributed by atoms with E-state index in [0.29, 0.717) is 5.56 Å². The van der Waals surface area contributed by atoms with E-state index in [1.165, 1.54) is 24.8 Å². The second-order valence-corrected chi connectivity index (χ2v) is 9.93. The number of aromatic nitrogens is 4. The minimum atomic E-state index is -4.95. The molecule has 4 rings (SSSR count). The lowest BCUT2D eigenvalue weighted by molar-refractivity contribution is -0.147. The molecule has 0 unspecified atom stereocenters. The minimum absolute atomic E-state index is 0.0676. The highest BCUT2D eigenvalue weighted by atomic mass is 35.5. The molecule has 0 saturated heterocycles. The number of pyridine rings is 2. The summed E-state index contributed by atoms with van der Waals surface area (Å²) in [7, 11) is 0. The van der Waals surface area contributed by atoms with E-state index in [0.717, 1.165) is 15.8 Å². The molecule has 206 valence electrons. The summed E-state index contributed by atoms with van der Waals surface area (Å²) < 4.78 is 43.8. The molecule has 3 heterocycles. The first-order valence-electron chi connectivity index (χ1n) is 11.8. The van der Waals surface area contributed by atoms with Gasteiger partial charge in [0.25, 0.3) is 5.91 Å². The van der Waals surface area contributed by atoms with Crippen molar-refractivity contribution in [3.05, 3.63) is 75.5 Å². The normalized spacial score (nSPS) is 17.6. The number of ketones is 1. The lowest BCUT2D eigenvalue weighted by Gasteiger charge is -2.28. The van der Waals surface area contributed by atoms with Crippen LogP contribution in [0.25, 0.3) is 0 Å². The van der Waals surface area contributed by atoms with Crippen LogP contribution >= 0.6 is 23.2 Å². The number of Topliss-reactive ketones (excluding diaryl/α,β-unsaturated/α-hetero) is 1. The van der Waals surface area contributed by atoms with Gasteiger partial charge < -0.3 is 10.0 Å². The molecule has 1 aliphatic carbocycles. The first-order chi connectivity index (χ1) is 18.5. The molecule has 0 spiro atoms. The minimum Gasteiger partial charge on any atom is -0.481 e. The largest absolute Gasteiger partial charge is 0.481 e. The van der Waals surface area contributed by atoms with Crippen LogP contribution in [0.5, 0.6) is 0 Å². The topological polar surface area (TPSA) is 118 Å². The zero-order valence-corrected chi connectivity index (χ0v) is 21.7. The number of carboxylic acids is 1. The van der Waals surface area contributed by atoms with Crippen molar-refractivity contribution >= 4 is 40.9 Å². The molecule has 1 amide bonds. The van der Waals surface area contributed by atoms with Gasteiger partial charge in [-0.2, -0.15) is 18.3 Å². The van der Waals surface area contributed by atoms with Crippen molar-refractivity contribution in [3.63, 3.8) is 0 Å². The Morgan fingerprint density at radius 2 is 1.69 bits per heavy atom. The summed E-state index contributed by atoms with van der Waals surface area (Å²) >= 11 is 12.2. The number of hydrogen-bond acceptors (Lipinski definition) is 6. The van der Waals surface area contributed by atoms with Crippen LogP contribution in [0.4, 0.5) is 13.2 Å². The zero-order chi connectivity index (χ0) is 28.3. The summed E-state index contributed by atoms with van der Waals surface area (Å²) in [5.74, 6) is -3.41. The van der Waals surface area contributed by atoms with Crippen molar-refractivity contribution < 1.29 is 32.7 Å². The van der Waals surface area contributed by atoms with Crippen LogP contribution in [-0.2, 0) is 17.5 Å². The molecule has 39 heavy (non-hydrogen) atoms. The highest BCUT2D eigenvalue weighted by molar-refractivity contribution is 6.39. The zero-order valence-electron chi connectivity index (χ0n) is 20.2. The molecule has 1 aliphatic rings. The van der Waals surface area contributed by atoms with Gasteiger partial charge in [-0.05, 0) is 37.3 Å². The molecular weight excluding hydrogens is 562 g/mol. The van der Waals surface area contributed by atoms with Crippen LogP contribution in [0.3, 0.4) is 0 Å². The molecule has 0 bridgehead atoms. The van der Waals surface area contributed by atoms with E-state index in [9.17, 15) is 32.7 Å². The van der Waals surface area contributed by atoms with Crippen LogP contribution in [0.15, 0.2) is 43.1 Å². The standard InChI is InChI=1S/C25H22Cl2F3N5O4/c26-18-10-32-11-19(27)21(18)20(36)13-34(12-14-2-1-7-31-8-14)23(37)17-9-33-35(22(17)25(28,29)30)16-5-3-15(4-6-16)24(38)39/h1-2,7-11,15-16H,3-6,12-13H2,(H,38,39). The Kier molecular flexibility index (Phi) is 8.55. The van der Waals surface area contributed by atoms with E-state index < -0.39 is 53.6 Å². The van der Waals surface area contributed by atoms with Gasteiger partial charge in [-0.25, -0.2) is 0 Å². The molecule has 0 aliphatic heterocycles. The number of carbonyl (C=O) groups is 3. The molecular formula is C25H22Cl2F3N5O4. The van der Waals surface area contributed by atoms with Crippen molar-refractivity contribution in [3.8, 4) is 0 Å². The Labute approximate surface area is 230 Å². The molecule has 0 atom stereocenters. The maximum atomic E-state index is 14.3. The summed E-state index contributed by atoms with van der Waals surface area (Å²) in [6.07, 6.45) is 1.88. The van der Waals surface area contributed by atoms with Gasteiger partial charge in [0.2, 0.25) is 0 Å². The molecule has 3 aromatic heterocycles. The number of hydrogen-bond donors (Lipinski definition) is 1. The number of carboxylic acid groups (broad SMARTS) is 1. The van der Waals surface area contributed by atoms with Gasteiger partial charge in [-0.15, -0.1) is 0 Å². The molecule has 3 aromatic rings. The smallest absolute Gasteiger partial charge is 0.433 e. The van der Waals surface area contributed by atoms with E-state index >= 15 is 0 Å². The van der Waals surface area contributed by atoms with Gasteiger partial charge in [-0.3, -0.25) is 29.0 Å². The van der Waals surface area contributed by atoms with Crippen LogP contribution in [0.2, 0.25) is 10.0 Å². The number of amides is 1. The molecule has 1 N–H and O–H groups in total. The second kappa shape index (κ2) is 11.7. The van der Waals surface area contributed by atoms with Gasteiger partial charge in [0.05, 0.1) is 45.9 Å². The Bertz CT molecular complexity index is 1360. The van der Waals surface area contributed by atoms with Crippen molar-refractivity contribution in [2.45, 2.75) is 44.4 Å². The summed E-state index contributed by atoms with van der Waals surface area (Å²) in [4.78, 5) is 46.7. The average molecular weight is 584 g/mol. The number of carbonyl (C=O) groups excluding carboxylic acids is 2. The number of halogens is 5. The number of alkyl halides is 3. The van der Waals surface area contributed by atoms with E-state index in [2.05, 4.69) is 15.1 Å². The summed E-state index contributed by atoms with van der Waals surface area (Å²) in [6.45, 7) is -0.867. The predicted molar refractivity (Wildman–Crippen MR) is 133 cm³/mol. The summed E-state index contributed by atoms with van der Waals surface area (Å²) in [5, 5.41) is 13.0. The second-order valence-electron chi connectivity index (χ2n) is 9.12. The highest BCUT2D eigenvalue weighted by Crippen LogP contribution is 2.39. The van der Waals surface area contributed by atoms with E-state index in [4.69, 9.17) is 23.2 Å². The van der Waals surface area contributed by atoms with Crippen LogP contribution in [0.1, 0.15) is 63.7 Å². The van der Waals surface area contributed by atoms with Gasteiger partial charge in [-0.1, -0.05) is 29.3 Å². The Morgan fingerprint density at radius 3 is 2.26 bits per heavy atom. The molecule has 9 nitrogen and oxygen atoms in total. The third kappa shape index (κ3) is 6.39. The third-order valence-electron chi connectivity index (χ3n) is 6.54. The van der Waals surface area contributed by atoms with Crippen molar-refractivity contribution in [2.75, 3.05) is 6.54 Å². The fourth-order valence-corrected chi connectivity index (χ4v) is 5.23. The lowest BCUT2D eigenvalue weighted by Crippen LogP contribution is -2.37. The first-order valence-corrected chi connectivity index (χ1v) is 12.6. The third-order valence-corrected chi connectivity index (χ3v) is 7.11. The molecule has 0 radical (unpaired) electrons. The Hall–Kier alpha value is -3.51. The van der Waals surface area contributed by atoms with E-state index in [-0.39, 0.29) is 47.8 Å². The van der Waals surface area contributed by atoms with Crippen LogP contribution in [0, 0.1) is 5.92 Å². The summed E-state index contributed by atoms with van der Waals surface area (Å²) in [6, 6.07) is 2.46. The monoisotopic (exact) mass is 583 g/mol. The van der Waals surface area contributed by atoms with Gasteiger partial charge in [0.1, 0.15) is 0 Å². The van der Waals surface area contributed by atoms with Crippen LogP contribution < -0.4 is 0 Å². The first kappa shape index (κ1) is 28.5. The van der Waals surface area contributed by atoms with Crippen LogP contribution in [-0.4, -0.2) is 54.0 Å². The predicted octanol–water partition coefficient (Wildman–Crippen LogP) is 5.34. The van der Waals surface area contributed by atoms with Gasteiger partial charge >= 0.3 is 12.1 Å². The highest BCUT2D eigenvalue weighted by Gasteiger charge is 2.43. The van der Waals surface area contributed by atoms with Gasteiger partial charge in [0, 0.05) is 31.3 Å². The van der Waals surface area contributed by atoms with E-state index in [1.807, 2.05) is 0 Å². The Balaban J connectivity index is 1.69. The number of nitrogens with zero attached hydrogens (tertiary/aromatic N) is 5. The average Bonchev–Trinajstić information content (AvgIpc) is 3.34. The maximum absolute atomic E-state index is 14.3. The number of aliphatic carboxylic acids is 1. The number of rotatable bonds is 8. The van der Waals surface area contributed by atoms with Gasteiger partial charge in [0.15, 0.2) is 11.5 Å². The molecule has 1 saturated carbocycles. The molecule has 0 aromatic carbocycles. The van der Waals surface area contributed by atoms with Crippen molar-refractivity contribution in [2.24, 2.45) is 5.92 Å². The molecule has 14 heteroatoms. The Morgan fingerprint density at radius 1 is 1.03 bits per heavy atom. The van der Waals surface area contributed by atoms with E-state index in [1.54, 1.807) is 12.1 Å². The van der Waals surface area contributed by atoms with Crippen molar-refractivity contribution in [1.82, 2.24) is 24.6 Å². The quantitative estimate of drug-likeness (QED) is 0.355. The lowest BCUT2D eigenvalue weighted by atomic mass is 9.86. The molecule has 1 fully saturated rings. The van der Waals surface area contributed by atoms with Crippen molar-refractivity contribution in [1.29, 1.82) is 0 Å². The fourth-order valence-electron chi connectivity index (χ4n) is 4.66. The summed E-state index contributed by atoms with van der Waals surface area (Å²) in [5.41, 5.74) is -1.63. The SMILES string of the molecule is O=C(CN(Cc1cccnc1)C(=O)c1cnn(C2CCC(C(=O)O)CC2)c1C(F)(F)F)c1c(Cl)cncc1Cl.